The Labute approximate surface area is 646 Å². The summed E-state index contributed by atoms with van der Waals surface area (Å²) in [7, 11) is 11.0. The van der Waals surface area contributed by atoms with E-state index in [4.69, 9.17) is 61.7 Å². The minimum Gasteiger partial charge on any atom is -0.495 e. The molecule has 0 unspecified atom stereocenters. The lowest BCUT2D eigenvalue weighted by Crippen LogP contribution is -2.26. The summed E-state index contributed by atoms with van der Waals surface area (Å²) >= 11 is 0. The van der Waals surface area contributed by atoms with Gasteiger partial charge >= 0.3 is 0 Å². The second-order valence-corrected chi connectivity index (χ2v) is 26.4. The van der Waals surface area contributed by atoms with Gasteiger partial charge in [0.15, 0.2) is 22.9 Å². The highest BCUT2D eigenvalue weighted by atomic mass is 16.6. The van der Waals surface area contributed by atoms with E-state index < -0.39 is 0 Å². The number of benzene rings is 6. The smallest absolute Gasteiger partial charge is 0.251 e. The summed E-state index contributed by atoms with van der Waals surface area (Å²) < 4.78 is 57.9. The number of hydrogen-bond donors (Lipinski definition) is 10. The van der Waals surface area contributed by atoms with Crippen molar-refractivity contribution in [2.75, 3.05) is 91.9 Å². The summed E-state index contributed by atoms with van der Waals surface area (Å²) in [6.45, 7) is 9.89. The van der Waals surface area contributed by atoms with Crippen LogP contribution in [-0.4, -0.2) is 173 Å². The molecule has 2 fully saturated rings. The second kappa shape index (κ2) is 33.5. The number of aromatic nitrogens is 11. The number of aryl methyl sites for hydroxylation is 2. The van der Waals surface area contributed by atoms with E-state index in [0.29, 0.717) is 158 Å². The van der Waals surface area contributed by atoms with E-state index in [2.05, 4.69) is 77.1 Å². The monoisotopic (exact) mass is 1530 g/mol. The zero-order valence-electron chi connectivity index (χ0n) is 63.7. The van der Waals surface area contributed by atoms with Crippen LogP contribution in [0.25, 0.3) is 88.7 Å². The third-order valence-electron chi connectivity index (χ3n) is 18.6. The Morgan fingerprint density at radius 2 is 0.823 bits per heavy atom. The Morgan fingerprint density at radius 1 is 0.425 bits per heavy atom. The molecule has 580 valence electrons. The second-order valence-electron chi connectivity index (χ2n) is 26.4. The molecular weight excluding hydrogens is 1450 g/mol. The van der Waals surface area contributed by atoms with Crippen molar-refractivity contribution in [1.29, 1.82) is 0 Å². The highest BCUT2D eigenvalue weighted by molar-refractivity contribution is 6.03. The van der Waals surface area contributed by atoms with Gasteiger partial charge in [0.25, 0.3) is 23.6 Å². The number of oxazole rings is 2. The highest BCUT2D eigenvalue weighted by Gasteiger charge is 2.27. The van der Waals surface area contributed by atoms with Gasteiger partial charge in [0.05, 0.1) is 87.1 Å². The van der Waals surface area contributed by atoms with Crippen LogP contribution in [0.15, 0.2) is 143 Å². The Hall–Kier alpha value is -13.9. The number of fused-ring (bicyclic) bond motifs is 5. The number of methoxy groups -OCH3 is 3. The molecule has 0 spiro atoms. The molecule has 113 heavy (non-hydrogen) atoms. The van der Waals surface area contributed by atoms with Gasteiger partial charge in [-0.25, -0.2) is 9.97 Å². The number of anilines is 6. The zero-order valence-corrected chi connectivity index (χ0v) is 63.7. The van der Waals surface area contributed by atoms with Crippen LogP contribution in [0, 0.1) is 13.8 Å². The van der Waals surface area contributed by atoms with Crippen molar-refractivity contribution >= 4 is 114 Å². The van der Waals surface area contributed by atoms with Gasteiger partial charge in [0.1, 0.15) is 57.4 Å². The number of nitrogens with one attached hydrogen (secondary N) is 10. The molecule has 0 aliphatic carbocycles. The number of rotatable bonds is 22. The number of amides is 4. The van der Waals surface area contributed by atoms with Crippen molar-refractivity contribution in [3.8, 4) is 68.3 Å². The number of aromatic amines is 3. The van der Waals surface area contributed by atoms with Crippen LogP contribution >= 0.6 is 0 Å². The number of carbonyl (C=O) groups excluding carboxylic acids is 4. The fourth-order valence-corrected chi connectivity index (χ4v) is 13.0. The van der Waals surface area contributed by atoms with Crippen molar-refractivity contribution in [3.05, 3.63) is 168 Å². The minimum absolute atomic E-state index is 0.0435. The molecule has 2 saturated heterocycles. The number of carbonyl (C=O) groups is 4. The Kier molecular flexibility index (Phi) is 22.5. The fourth-order valence-electron chi connectivity index (χ4n) is 13.0. The lowest BCUT2D eigenvalue weighted by Gasteiger charge is -2.23. The molecule has 4 amide bonds. The largest absolute Gasteiger partial charge is 0.495 e. The molecule has 32 heteroatoms. The number of nitrogens with zero attached hydrogens (tertiary/aromatic N) is 8. The SMILES string of the molecule is CNC(=O)c1ccc(-c2c[nH]c3nc(Nc4ccc(C(=O)NC)cc4OC)nc(O[C@H]4CCOC4)c23)cc1.CNC(=O)c1ccc(OC)c(Nc2nc(OC(C)C)c3c(-c4ccc5nc(C)oc5c4)c[nH]c3n2)c1.CNC(=O)c1ccc(OC)c(Nc2nc(OC3CCOCC3)c3c(-c4ccc5nc(C)oc5c4)c[nH]c3n2)c1. The van der Waals surface area contributed by atoms with Crippen LogP contribution < -0.4 is 65.6 Å². The van der Waals surface area contributed by atoms with Crippen molar-refractivity contribution in [2.24, 2.45) is 0 Å². The molecule has 0 bridgehead atoms. The van der Waals surface area contributed by atoms with Crippen molar-refractivity contribution < 1.29 is 65.9 Å². The molecule has 0 radical (unpaired) electrons. The van der Waals surface area contributed by atoms with Gasteiger partial charge in [-0.3, -0.25) is 19.2 Å². The molecule has 32 nitrogen and oxygen atoms in total. The summed E-state index contributed by atoms with van der Waals surface area (Å²) in [5.41, 5.74) is 13.7. The van der Waals surface area contributed by atoms with E-state index in [1.54, 1.807) is 109 Å². The average molecular weight is 1530 g/mol. The maximum Gasteiger partial charge on any atom is 0.251 e. The lowest BCUT2D eigenvalue weighted by atomic mass is 10.0. The van der Waals surface area contributed by atoms with E-state index >= 15 is 0 Å². The highest BCUT2D eigenvalue weighted by Crippen LogP contribution is 2.42. The first-order valence-electron chi connectivity index (χ1n) is 36.3. The maximum atomic E-state index is 12.2. The van der Waals surface area contributed by atoms with Crippen LogP contribution in [-0.2, 0) is 9.47 Å². The molecule has 2 aliphatic rings. The summed E-state index contributed by atoms with van der Waals surface area (Å²) in [5.74, 6) is 4.12. The summed E-state index contributed by atoms with van der Waals surface area (Å²) in [5, 5.41) is 22.3. The molecule has 8 aromatic heterocycles. The molecule has 10 heterocycles. The zero-order chi connectivity index (χ0) is 79.0. The van der Waals surface area contributed by atoms with Gasteiger partial charge in [0.2, 0.25) is 35.5 Å². The van der Waals surface area contributed by atoms with E-state index in [0.717, 1.165) is 79.8 Å². The lowest BCUT2D eigenvalue weighted by molar-refractivity contribution is 0.0244. The quantitative estimate of drug-likeness (QED) is 0.0301. The average Bonchev–Trinajstić information content (AvgIpc) is 1.64. The van der Waals surface area contributed by atoms with Crippen LogP contribution in [0.2, 0.25) is 0 Å². The maximum absolute atomic E-state index is 12.2. The molecule has 2 aliphatic heterocycles. The van der Waals surface area contributed by atoms with Gasteiger partial charge in [-0.2, -0.15) is 29.9 Å². The Bertz CT molecular complexity index is 5860. The van der Waals surface area contributed by atoms with Gasteiger partial charge < -0.3 is 98.9 Å². The summed E-state index contributed by atoms with van der Waals surface area (Å²) in [6.07, 6.45) is 7.57. The molecule has 10 N–H and O–H groups in total. The Morgan fingerprint density at radius 3 is 1.28 bits per heavy atom. The van der Waals surface area contributed by atoms with E-state index in [9.17, 15) is 19.2 Å². The van der Waals surface area contributed by atoms with Crippen LogP contribution in [0.3, 0.4) is 0 Å². The van der Waals surface area contributed by atoms with Gasteiger partial charge in [-0.1, -0.05) is 24.3 Å². The van der Waals surface area contributed by atoms with Crippen LogP contribution in [0.4, 0.5) is 34.9 Å². The molecular formula is C81H82N18O14. The number of ether oxygens (including phenoxy) is 8. The van der Waals surface area contributed by atoms with Gasteiger partial charge in [-0.15, -0.1) is 0 Å². The van der Waals surface area contributed by atoms with Gasteiger partial charge in [0, 0.05) is 119 Å². The van der Waals surface area contributed by atoms with E-state index in [1.807, 2.05) is 94.8 Å². The first kappa shape index (κ1) is 75.9. The minimum atomic E-state index is -0.218. The molecule has 6 aromatic carbocycles. The third-order valence-corrected chi connectivity index (χ3v) is 18.6. The normalized spacial score (nSPS) is 13.4. The van der Waals surface area contributed by atoms with Crippen LogP contribution in [0.1, 0.15) is 86.3 Å². The number of H-pyrrole nitrogens is 3. The van der Waals surface area contributed by atoms with E-state index in [-0.39, 0.29) is 41.9 Å². The summed E-state index contributed by atoms with van der Waals surface area (Å²) in [6, 6.07) is 34.3. The molecule has 16 rings (SSSR count). The molecule has 0 saturated carbocycles. The standard InChI is InChI=1S/C28H28N6O5.C27H28N6O5.C26H26N6O4/c1-15-31-20-6-4-16(13-23(20)38-15)19-14-30-25-24(19)27(39-18-8-10-37-11-9-18)34-28(33-25)32-21-12-17(26(35)29-2)5-7-22(21)36-3;1-28-24(34)16-6-4-15(5-7-16)19-13-30-23-22(19)26(38-18-10-11-37-14-18)33-27(32-23)31-20-9-8-17(25(35)29-2)12-21(20)36-3;1-13(2)35-25-22-17(15-6-8-18-21(11-15)36-14(3)29-18)12-28-23(22)31-26(32-25)30-19-10-16(24(33)27-4)7-9-20(19)34-5/h4-7,12-14,18H,8-11H2,1-3H3,(H,29,35)(H2,30,32,33,34);4-9,12-13,18H,10-11,14H2,1-3H3,(H,28,34)(H,29,35)(H2,30,31,32,33);6-13H,1-5H3,(H,27,33)(H2,28,30,31,32)/t;18-;/m.0./s1. The Balaban J connectivity index is 0.000000141. The van der Waals surface area contributed by atoms with Crippen molar-refractivity contribution in [2.45, 2.75) is 65.3 Å². The molecule has 14 aromatic rings. The predicted molar refractivity (Wildman–Crippen MR) is 425 cm³/mol. The first-order valence-corrected chi connectivity index (χ1v) is 36.3. The predicted octanol–water partition coefficient (Wildman–Crippen LogP) is 13.0. The van der Waals surface area contributed by atoms with Crippen LogP contribution in [0.5, 0.6) is 34.9 Å². The number of hydrogen-bond acceptors (Lipinski definition) is 25. The fraction of sp³-hybridized carbons (Fsp3) is 0.259. The van der Waals surface area contributed by atoms with Crippen molar-refractivity contribution in [3.63, 3.8) is 0 Å². The summed E-state index contributed by atoms with van der Waals surface area (Å²) in [4.78, 5) is 95.1. The van der Waals surface area contributed by atoms with Crippen molar-refractivity contribution in [1.82, 2.24) is 76.1 Å². The third kappa shape index (κ3) is 16.7. The molecule has 1 atom stereocenters. The van der Waals surface area contributed by atoms with E-state index in [1.165, 1.54) is 7.11 Å². The topological polar surface area (TPSA) is 403 Å². The first-order chi connectivity index (χ1) is 54.9. The van der Waals surface area contributed by atoms with Gasteiger partial charge in [-0.05, 0) is 122 Å².